The van der Waals surface area contributed by atoms with Crippen molar-refractivity contribution in [3.63, 3.8) is 0 Å². The normalized spacial score (nSPS) is 17.9. The molecule has 1 aliphatic heterocycles. The summed E-state index contributed by atoms with van der Waals surface area (Å²) >= 11 is 0. The molecule has 1 fully saturated rings. The Balaban J connectivity index is 2.19. The molecule has 1 aromatic rings. The molecule has 0 bridgehead atoms. The number of carbonyl (C=O) groups is 1. The van der Waals surface area contributed by atoms with Crippen molar-refractivity contribution in [2.75, 3.05) is 24.5 Å². The van der Waals surface area contributed by atoms with Crippen molar-refractivity contribution in [3.05, 3.63) is 12.3 Å². The molecule has 1 saturated heterocycles. The summed E-state index contributed by atoms with van der Waals surface area (Å²) in [6.45, 7) is 1.95. The van der Waals surface area contributed by atoms with Crippen LogP contribution in [0.2, 0.25) is 0 Å². The first-order chi connectivity index (χ1) is 6.27. The molecule has 0 unspecified atom stereocenters. The first-order valence-electron chi connectivity index (χ1n) is 4.28. The van der Waals surface area contributed by atoms with E-state index in [-0.39, 0.29) is 5.91 Å². The lowest BCUT2D eigenvalue weighted by Gasteiger charge is -2.24. The van der Waals surface area contributed by atoms with Gasteiger partial charge in [-0.25, -0.2) is 0 Å². The predicted octanol–water partition coefficient (Wildman–Crippen LogP) is -0.644. The Morgan fingerprint density at radius 1 is 1.62 bits per heavy atom. The van der Waals surface area contributed by atoms with Crippen molar-refractivity contribution in [1.29, 1.82) is 0 Å². The van der Waals surface area contributed by atoms with Crippen molar-refractivity contribution in [2.45, 2.75) is 0 Å². The van der Waals surface area contributed by atoms with E-state index >= 15 is 0 Å². The molecule has 5 nitrogen and oxygen atoms in total. The number of anilines is 1. The number of piperazine rings is 1. The molecular formula is C8H12N4O. The molecule has 1 amide bonds. The summed E-state index contributed by atoms with van der Waals surface area (Å²) in [5, 5.41) is 7.19. The van der Waals surface area contributed by atoms with E-state index in [4.69, 9.17) is 0 Å². The van der Waals surface area contributed by atoms with Gasteiger partial charge in [0.05, 0.1) is 6.54 Å². The molecule has 5 heteroatoms. The fourth-order valence-corrected chi connectivity index (χ4v) is 1.40. The average Bonchev–Trinajstić information content (AvgIpc) is 2.53. The number of nitrogens with one attached hydrogen (secondary N) is 1. The van der Waals surface area contributed by atoms with Crippen molar-refractivity contribution in [2.24, 2.45) is 7.05 Å². The van der Waals surface area contributed by atoms with E-state index in [1.165, 1.54) is 0 Å². The van der Waals surface area contributed by atoms with Gasteiger partial charge in [0.25, 0.3) is 0 Å². The third-order valence-corrected chi connectivity index (χ3v) is 2.07. The molecule has 13 heavy (non-hydrogen) atoms. The zero-order valence-corrected chi connectivity index (χ0v) is 7.53. The SMILES string of the molecule is Cn1ccc(N2CCNCC2=O)n1. The van der Waals surface area contributed by atoms with Gasteiger partial charge < -0.3 is 5.32 Å². The van der Waals surface area contributed by atoms with Gasteiger partial charge in [0.1, 0.15) is 0 Å². The Morgan fingerprint density at radius 2 is 2.46 bits per heavy atom. The number of nitrogens with zero attached hydrogens (tertiary/aromatic N) is 3. The summed E-state index contributed by atoms with van der Waals surface area (Å²) in [4.78, 5) is 13.1. The smallest absolute Gasteiger partial charge is 0.242 e. The standard InChI is InChI=1S/C8H12N4O/c1-11-4-2-7(10-11)12-5-3-9-6-8(12)13/h2,4,9H,3,5-6H2,1H3. The Kier molecular flexibility index (Phi) is 2.02. The van der Waals surface area contributed by atoms with E-state index in [0.717, 1.165) is 12.4 Å². The van der Waals surface area contributed by atoms with Crippen LogP contribution in [0.1, 0.15) is 0 Å². The molecule has 2 heterocycles. The quantitative estimate of drug-likeness (QED) is 0.625. The molecule has 0 spiro atoms. The minimum Gasteiger partial charge on any atom is -0.307 e. The molecule has 0 aromatic carbocycles. The van der Waals surface area contributed by atoms with E-state index in [1.54, 1.807) is 9.58 Å². The second kappa shape index (κ2) is 3.18. The molecule has 1 aromatic heterocycles. The highest BCUT2D eigenvalue weighted by Crippen LogP contribution is 2.10. The maximum Gasteiger partial charge on any atom is 0.242 e. The summed E-state index contributed by atoms with van der Waals surface area (Å²) in [5.74, 6) is 0.832. The van der Waals surface area contributed by atoms with Crippen molar-refractivity contribution < 1.29 is 4.79 Å². The van der Waals surface area contributed by atoms with Gasteiger partial charge in [0.2, 0.25) is 5.91 Å². The number of rotatable bonds is 1. The lowest BCUT2D eigenvalue weighted by atomic mass is 10.3. The molecule has 1 aliphatic rings. The van der Waals surface area contributed by atoms with Gasteiger partial charge in [-0.1, -0.05) is 0 Å². The lowest BCUT2D eigenvalue weighted by molar-refractivity contribution is -0.118. The van der Waals surface area contributed by atoms with Gasteiger partial charge in [-0.15, -0.1) is 0 Å². The fraction of sp³-hybridized carbons (Fsp3) is 0.500. The molecule has 2 rings (SSSR count). The molecular weight excluding hydrogens is 168 g/mol. The highest BCUT2D eigenvalue weighted by Gasteiger charge is 2.20. The molecule has 70 valence electrons. The van der Waals surface area contributed by atoms with E-state index in [0.29, 0.717) is 13.1 Å². The highest BCUT2D eigenvalue weighted by atomic mass is 16.2. The number of aryl methyl sites for hydroxylation is 1. The van der Waals surface area contributed by atoms with Crippen LogP contribution in [0.3, 0.4) is 0 Å². The molecule has 0 atom stereocenters. The summed E-state index contributed by atoms with van der Waals surface area (Å²) in [6, 6.07) is 1.85. The van der Waals surface area contributed by atoms with Gasteiger partial charge in [-0.05, 0) is 0 Å². The second-order valence-electron chi connectivity index (χ2n) is 3.07. The topological polar surface area (TPSA) is 50.2 Å². The maximum atomic E-state index is 11.4. The Hall–Kier alpha value is -1.36. The third kappa shape index (κ3) is 1.55. The number of amides is 1. The summed E-state index contributed by atoms with van der Waals surface area (Å²) in [6.07, 6.45) is 1.84. The summed E-state index contributed by atoms with van der Waals surface area (Å²) in [5.41, 5.74) is 0. The van der Waals surface area contributed by atoms with Crippen molar-refractivity contribution >= 4 is 11.7 Å². The van der Waals surface area contributed by atoms with Gasteiger partial charge in [0, 0.05) is 32.4 Å². The average molecular weight is 180 g/mol. The van der Waals surface area contributed by atoms with Crippen molar-refractivity contribution in [3.8, 4) is 0 Å². The van der Waals surface area contributed by atoms with Gasteiger partial charge >= 0.3 is 0 Å². The van der Waals surface area contributed by atoms with Crippen LogP contribution in [-0.2, 0) is 11.8 Å². The monoisotopic (exact) mass is 180 g/mol. The molecule has 1 N–H and O–H groups in total. The minimum absolute atomic E-state index is 0.0879. The summed E-state index contributed by atoms with van der Waals surface area (Å²) < 4.78 is 1.70. The lowest BCUT2D eigenvalue weighted by Crippen LogP contribution is -2.48. The summed E-state index contributed by atoms with van der Waals surface area (Å²) in [7, 11) is 1.84. The van der Waals surface area contributed by atoms with E-state index in [1.807, 2.05) is 19.3 Å². The Bertz CT molecular complexity index is 320. The number of hydrogen-bond acceptors (Lipinski definition) is 3. The number of hydrogen-bond donors (Lipinski definition) is 1. The van der Waals surface area contributed by atoms with Crippen LogP contribution in [0, 0.1) is 0 Å². The van der Waals surface area contributed by atoms with E-state index in [9.17, 15) is 4.79 Å². The largest absolute Gasteiger partial charge is 0.307 e. The first-order valence-corrected chi connectivity index (χ1v) is 4.28. The predicted molar refractivity (Wildman–Crippen MR) is 48.4 cm³/mol. The third-order valence-electron chi connectivity index (χ3n) is 2.07. The zero-order chi connectivity index (χ0) is 9.26. The van der Waals surface area contributed by atoms with Crippen LogP contribution in [-0.4, -0.2) is 35.3 Å². The Labute approximate surface area is 76.3 Å². The Morgan fingerprint density at radius 3 is 3.08 bits per heavy atom. The number of carbonyl (C=O) groups excluding carboxylic acids is 1. The van der Waals surface area contributed by atoms with Crippen LogP contribution in [0.25, 0.3) is 0 Å². The van der Waals surface area contributed by atoms with E-state index in [2.05, 4.69) is 10.4 Å². The fourth-order valence-electron chi connectivity index (χ4n) is 1.40. The molecule has 0 saturated carbocycles. The second-order valence-corrected chi connectivity index (χ2v) is 3.07. The molecule has 0 aliphatic carbocycles. The minimum atomic E-state index is 0.0879. The highest BCUT2D eigenvalue weighted by molar-refractivity contribution is 5.94. The molecule has 0 radical (unpaired) electrons. The zero-order valence-electron chi connectivity index (χ0n) is 7.53. The maximum absolute atomic E-state index is 11.4. The van der Waals surface area contributed by atoms with Crippen LogP contribution in [0.4, 0.5) is 5.82 Å². The van der Waals surface area contributed by atoms with Gasteiger partial charge in [-0.2, -0.15) is 5.10 Å². The van der Waals surface area contributed by atoms with E-state index < -0.39 is 0 Å². The van der Waals surface area contributed by atoms with Crippen LogP contribution in [0.5, 0.6) is 0 Å². The van der Waals surface area contributed by atoms with Crippen LogP contribution < -0.4 is 10.2 Å². The first kappa shape index (κ1) is 8.25. The number of aromatic nitrogens is 2. The van der Waals surface area contributed by atoms with Crippen LogP contribution in [0.15, 0.2) is 12.3 Å². The van der Waals surface area contributed by atoms with Gasteiger partial charge in [0.15, 0.2) is 5.82 Å². The van der Waals surface area contributed by atoms with Gasteiger partial charge in [-0.3, -0.25) is 14.4 Å². The van der Waals surface area contributed by atoms with Crippen LogP contribution >= 0.6 is 0 Å². The van der Waals surface area contributed by atoms with Crippen molar-refractivity contribution in [1.82, 2.24) is 15.1 Å².